The van der Waals surface area contributed by atoms with Crippen molar-refractivity contribution < 1.29 is 14.7 Å². The Morgan fingerprint density at radius 1 is 1.00 bits per heavy atom. The second kappa shape index (κ2) is 14.3. The molecule has 2 amide bonds. The van der Waals surface area contributed by atoms with E-state index in [1.807, 2.05) is 9.80 Å². The molecule has 8 nitrogen and oxygen atoms in total. The highest BCUT2D eigenvalue weighted by Crippen LogP contribution is 2.31. The third-order valence-corrected chi connectivity index (χ3v) is 7.87. The van der Waals surface area contributed by atoms with Crippen LogP contribution in [-0.4, -0.2) is 77.2 Å². The molecule has 0 radical (unpaired) electrons. The average molecular weight is 587 g/mol. The number of likely N-dealkylation sites (N-methyl/N-ethyl adjacent to an activating group) is 1. The van der Waals surface area contributed by atoms with Crippen molar-refractivity contribution in [1.29, 1.82) is 0 Å². The van der Waals surface area contributed by atoms with Gasteiger partial charge in [-0.25, -0.2) is 4.79 Å². The maximum atomic E-state index is 13.4. The minimum atomic E-state index is -0.891. The first kappa shape index (κ1) is 32.1. The Hall–Kier alpha value is -2.10. The standard InChI is InChI=1S/C27H35N5O3.3ClH/c1-30-13-10-19-4-7-24(17-20(19)11-14-30)32-16-15-31(27(32)35)23-8-5-22(6-9-23)29-25(26(33)34)21-3-2-12-28-18-21;;;/h2-4,7,12,17-18,22-23,25,29H,5-6,8-11,13-16H2,1H3,(H,33,34);3*1H/t22-,23-,25?;;;. The number of hydrogen-bond donors (Lipinski definition) is 2. The molecule has 3 aliphatic rings. The van der Waals surface area contributed by atoms with Crippen LogP contribution in [0.3, 0.4) is 0 Å². The van der Waals surface area contributed by atoms with E-state index in [0.717, 1.165) is 70.4 Å². The van der Waals surface area contributed by atoms with Crippen LogP contribution in [0.15, 0.2) is 42.7 Å². The van der Waals surface area contributed by atoms with Gasteiger partial charge in [0.2, 0.25) is 0 Å². The Labute approximate surface area is 243 Å². The molecule has 5 rings (SSSR count). The van der Waals surface area contributed by atoms with E-state index >= 15 is 0 Å². The van der Waals surface area contributed by atoms with Crippen molar-refractivity contribution >= 4 is 54.9 Å². The molecule has 38 heavy (non-hydrogen) atoms. The van der Waals surface area contributed by atoms with E-state index < -0.39 is 12.0 Å². The average Bonchev–Trinajstić information content (AvgIpc) is 3.16. The molecule has 2 aromatic rings. The fourth-order valence-corrected chi connectivity index (χ4v) is 5.77. The summed E-state index contributed by atoms with van der Waals surface area (Å²) in [6, 6.07) is 9.76. The normalized spacial score (nSPS) is 22.3. The molecule has 2 N–H and O–H groups in total. The number of aromatic nitrogens is 1. The number of nitrogens with one attached hydrogen (secondary N) is 1. The van der Waals surface area contributed by atoms with Crippen molar-refractivity contribution in [3.05, 3.63) is 59.4 Å². The van der Waals surface area contributed by atoms with Crippen LogP contribution >= 0.6 is 37.2 Å². The van der Waals surface area contributed by atoms with E-state index in [-0.39, 0.29) is 55.3 Å². The number of anilines is 1. The van der Waals surface area contributed by atoms with Crippen LogP contribution in [0.1, 0.15) is 48.4 Å². The third kappa shape index (κ3) is 7.10. The molecule has 1 saturated carbocycles. The van der Waals surface area contributed by atoms with E-state index in [4.69, 9.17) is 0 Å². The second-order valence-electron chi connectivity index (χ2n) is 10.1. The highest BCUT2D eigenvalue weighted by Gasteiger charge is 2.37. The number of fused-ring (bicyclic) bond motifs is 1. The van der Waals surface area contributed by atoms with Crippen LogP contribution in [0.25, 0.3) is 0 Å². The number of carboxylic acids is 1. The van der Waals surface area contributed by atoms with Gasteiger partial charge in [-0.3, -0.25) is 20.0 Å². The van der Waals surface area contributed by atoms with Crippen LogP contribution in [0.2, 0.25) is 0 Å². The monoisotopic (exact) mass is 585 g/mol. The van der Waals surface area contributed by atoms with Gasteiger partial charge in [-0.15, -0.1) is 37.2 Å². The summed E-state index contributed by atoms with van der Waals surface area (Å²) in [5.41, 5.74) is 4.45. The lowest BCUT2D eigenvalue weighted by Crippen LogP contribution is -2.46. The molecule has 2 aliphatic heterocycles. The summed E-state index contributed by atoms with van der Waals surface area (Å²) in [6.45, 7) is 3.60. The molecule has 1 aromatic carbocycles. The van der Waals surface area contributed by atoms with Gasteiger partial charge in [0.15, 0.2) is 0 Å². The van der Waals surface area contributed by atoms with Gasteiger partial charge in [0.1, 0.15) is 6.04 Å². The number of aliphatic carboxylic acids is 1. The fourth-order valence-electron chi connectivity index (χ4n) is 5.77. The SMILES string of the molecule is CN1CCc2ccc(N3CCN([C@H]4CC[C@H](NC(C(=O)O)c5cccnc5)CC4)C3=O)cc2CC1.Cl.Cl.Cl. The first-order chi connectivity index (χ1) is 17.0. The van der Waals surface area contributed by atoms with Crippen LogP contribution in [0, 0.1) is 0 Å². The summed E-state index contributed by atoms with van der Waals surface area (Å²) >= 11 is 0. The zero-order valence-electron chi connectivity index (χ0n) is 21.6. The lowest BCUT2D eigenvalue weighted by molar-refractivity contribution is -0.140. The number of benzene rings is 1. The predicted molar refractivity (Wildman–Crippen MR) is 156 cm³/mol. The molecule has 2 fully saturated rings. The zero-order valence-corrected chi connectivity index (χ0v) is 24.1. The maximum absolute atomic E-state index is 13.4. The van der Waals surface area contributed by atoms with Crippen LogP contribution in [-0.2, 0) is 17.6 Å². The van der Waals surface area contributed by atoms with Crippen molar-refractivity contribution in [2.24, 2.45) is 0 Å². The van der Waals surface area contributed by atoms with Crippen molar-refractivity contribution in [1.82, 2.24) is 20.1 Å². The first-order valence-electron chi connectivity index (χ1n) is 12.8. The summed E-state index contributed by atoms with van der Waals surface area (Å²) in [6.07, 6.45) is 8.81. The van der Waals surface area contributed by atoms with Gasteiger partial charge in [0.25, 0.3) is 0 Å². The third-order valence-electron chi connectivity index (χ3n) is 7.87. The Morgan fingerprint density at radius 2 is 1.71 bits per heavy atom. The fraction of sp³-hybridized carbons (Fsp3) is 0.519. The number of rotatable bonds is 6. The summed E-state index contributed by atoms with van der Waals surface area (Å²) < 4.78 is 0. The number of pyridine rings is 1. The van der Waals surface area contributed by atoms with Gasteiger partial charge in [0, 0.05) is 56.3 Å². The number of urea groups is 1. The van der Waals surface area contributed by atoms with Crippen molar-refractivity contribution in [2.45, 2.75) is 56.7 Å². The van der Waals surface area contributed by atoms with Gasteiger partial charge in [-0.05, 0) is 80.5 Å². The number of halogens is 3. The second-order valence-corrected chi connectivity index (χ2v) is 10.1. The number of nitrogens with zero attached hydrogens (tertiary/aromatic N) is 4. The minimum absolute atomic E-state index is 0. The summed E-state index contributed by atoms with van der Waals surface area (Å²) in [7, 11) is 2.17. The summed E-state index contributed by atoms with van der Waals surface area (Å²) in [4.78, 5) is 35.6. The Balaban J connectivity index is 0.00000169. The van der Waals surface area contributed by atoms with Crippen molar-refractivity contribution in [2.75, 3.05) is 38.1 Å². The van der Waals surface area contributed by atoms with Crippen LogP contribution in [0.4, 0.5) is 10.5 Å². The van der Waals surface area contributed by atoms with Gasteiger partial charge in [0.05, 0.1) is 0 Å². The Bertz CT molecular complexity index is 1070. The largest absolute Gasteiger partial charge is 0.480 e. The highest BCUT2D eigenvalue weighted by atomic mass is 35.5. The quantitative estimate of drug-likeness (QED) is 0.523. The van der Waals surface area contributed by atoms with Gasteiger partial charge >= 0.3 is 12.0 Å². The first-order valence-corrected chi connectivity index (χ1v) is 12.8. The van der Waals surface area contributed by atoms with E-state index in [1.54, 1.807) is 24.5 Å². The molecule has 210 valence electrons. The van der Waals surface area contributed by atoms with Gasteiger partial charge in [-0.1, -0.05) is 12.1 Å². The highest BCUT2D eigenvalue weighted by molar-refractivity contribution is 5.94. The van der Waals surface area contributed by atoms with Crippen LogP contribution in [0.5, 0.6) is 0 Å². The van der Waals surface area contributed by atoms with Gasteiger partial charge < -0.3 is 14.9 Å². The Kier molecular flexibility index (Phi) is 12.1. The zero-order chi connectivity index (χ0) is 24.4. The molecule has 1 aromatic heterocycles. The van der Waals surface area contributed by atoms with E-state index in [0.29, 0.717) is 5.56 Å². The van der Waals surface area contributed by atoms with E-state index in [1.165, 1.54) is 11.1 Å². The molecule has 1 aliphatic carbocycles. The molecule has 0 spiro atoms. The summed E-state index contributed by atoms with van der Waals surface area (Å²) in [5.74, 6) is -0.891. The smallest absolute Gasteiger partial charge is 0.325 e. The predicted octanol–water partition coefficient (Wildman–Crippen LogP) is 4.35. The molecule has 1 atom stereocenters. The van der Waals surface area contributed by atoms with E-state index in [2.05, 4.69) is 40.4 Å². The summed E-state index contributed by atoms with van der Waals surface area (Å²) in [5, 5.41) is 13.0. The molecule has 11 heteroatoms. The number of carbonyl (C=O) groups is 2. The Morgan fingerprint density at radius 3 is 2.37 bits per heavy atom. The number of carboxylic acid groups (broad SMARTS) is 1. The molecule has 0 bridgehead atoms. The molecule has 3 heterocycles. The van der Waals surface area contributed by atoms with E-state index in [9.17, 15) is 14.7 Å². The van der Waals surface area contributed by atoms with Gasteiger partial charge in [-0.2, -0.15) is 0 Å². The molecular formula is C27H38Cl3N5O3. The minimum Gasteiger partial charge on any atom is -0.480 e. The maximum Gasteiger partial charge on any atom is 0.325 e. The van der Waals surface area contributed by atoms with Crippen LogP contribution < -0.4 is 10.2 Å². The van der Waals surface area contributed by atoms with Crippen molar-refractivity contribution in [3.8, 4) is 0 Å². The van der Waals surface area contributed by atoms with Crippen molar-refractivity contribution in [3.63, 3.8) is 0 Å². The number of carbonyl (C=O) groups excluding carboxylic acids is 1. The molecule has 1 unspecified atom stereocenters. The molecular weight excluding hydrogens is 549 g/mol. The lowest BCUT2D eigenvalue weighted by atomic mass is 9.89. The number of amides is 2. The lowest BCUT2D eigenvalue weighted by Gasteiger charge is -2.35. The number of hydrogen-bond acceptors (Lipinski definition) is 5. The topological polar surface area (TPSA) is 89.0 Å². The molecule has 1 saturated heterocycles.